The topological polar surface area (TPSA) is 98.7 Å². The van der Waals surface area contributed by atoms with E-state index in [0.717, 1.165) is 12.8 Å². The van der Waals surface area contributed by atoms with E-state index in [0.29, 0.717) is 5.92 Å². The van der Waals surface area contributed by atoms with Gasteiger partial charge in [0.2, 0.25) is 0 Å². The van der Waals surface area contributed by atoms with Crippen LogP contribution in [0, 0.1) is 5.92 Å². The third-order valence-electron chi connectivity index (χ3n) is 3.74. The smallest absolute Gasteiger partial charge is 0.326 e. The van der Waals surface area contributed by atoms with Crippen molar-refractivity contribution in [2.75, 3.05) is 6.61 Å². The molecule has 110 valence electrons. The van der Waals surface area contributed by atoms with Crippen LogP contribution in [0.15, 0.2) is 0 Å². The number of carbonyl (C=O) groups is 2. The van der Waals surface area contributed by atoms with Gasteiger partial charge in [0, 0.05) is 19.1 Å². The van der Waals surface area contributed by atoms with Gasteiger partial charge in [-0.1, -0.05) is 19.3 Å². The molecule has 6 heteroatoms. The number of aliphatic hydroxyl groups is 1. The van der Waals surface area contributed by atoms with Gasteiger partial charge in [-0.15, -0.1) is 0 Å². The molecule has 0 aromatic rings. The lowest BCUT2D eigenvalue weighted by molar-refractivity contribution is -0.139. The standard InChI is InChI=1S/C13H24N2O4/c1-9(10-5-3-2-4-6-10)14-13(19)15-11(7-8-16)12(17)18/h9-11,16H,2-8H2,1H3,(H,17,18)(H2,14,15,19). The number of urea groups is 1. The number of aliphatic hydroxyl groups excluding tert-OH is 1. The van der Waals surface area contributed by atoms with Crippen molar-refractivity contribution in [2.45, 2.75) is 57.5 Å². The van der Waals surface area contributed by atoms with Gasteiger partial charge in [-0.05, 0) is 25.7 Å². The van der Waals surface area contributed by atoms with Crippen LogP contribution in [0.3, 0.4) is 0 Å². The Labute approximate surface area is 113 Å². The van der Waals surface area contributed by atoms with E-state index in [-0.39, 0.29) is 19.1 Å². The number of carboxylic acids is 1. The average Bonchev–Trinajstić information content (AvgIpc) is 2.39. The second-order valence-electron chi connectivity index (χ2n) is 5.21. The van der Waals surface area contributed by atoms with Gasteiger partial charge in [0.05, 0.1) is 0 Å². The molecule has 0 saturated heterocycles. The van der Waals surface area contributed by atoms with Crippen LogP contribution < -0.4 is 10.6 Å². The van der Waals surface area contributed by atoms with E-state index in [2.05, 4.69) is 10.6 Å². The second kappa shape index (κ2) is 7.99. The van der Waals surface area contributed by atoms with Gasteiger partial charge in [-0.3, -0.25) is 0 Å². The molecule has 2 amide bonds. The molecule has 0 aromatic heterocycles. The summed E-state index contributed by atoms with van der Waals surface area (Å²) < 4.78 is 0. The van der Waals surface area contributed by atoms with Gasteiger partial charge < -0.3 is 20.8 Å². The minimum atomic E-state index is -1.13. The highest BCUT2D eigenvalue weighted by atomic mass is 16.4. The Bertz CT molecular complexity index is 303. The van der Waals surface area contributed by atoms with Crippen molar-refractivity contribution in [3.63, 3.8) is 0 Å². The molecule has 1 fully saturated rings. The predicted molar refractivity (Wildman–Crippen MR) is 70.8 cm³/mol. The number of nitrogens with one attached hydrogen (secondary N) is 2. The molecule has 1 aliphatic rings. The molecule has 4 N–H and O–H groups in total. The lowest BCUT2D eigenvalue weighted by Gasteiger charge is -2.28. The number of rotatable bonds is 6. The summed E-state index contributed by atoms with van der Waals surface area (Å²) in [5.74, 6) is -0.657. The SMILES string of the molecule is CC(NC(=O)NC(CCO)C(=O)O)C1CCCCC1. The quantitative estimate of drug-likeness (QED) is 0.581. The van der Waals surface area contributed by atoms with Crippen LogP contribution in [-0.4, -0.2) is 40.9 Å². The summed E-state index contributed by atoms with van der Waals surface area (Å²) in [5, 5.41) is 22.8. The van der Waals surface area contributed by atoms with Crippen LogP contribution in [0.2, 0.25) is 0 Å². The van der Waals surface area contributed by atoms with Crippen LogP contribution >= 0.6 is 0 Å². The Kier molecular flexibility index (Phi) is 6.62. The minimum absolute atomic E-state index is 0.0144. The highest BCUT2D eigenvalue weighted by Crippen LogP contribution is 2.26. The maximum absolute atomic E-state index is 11.7. The van der Waals surface area contributed by atoms with Crippen LogP contribution in [0.1, 0.15) is 45.4 Å². The van der Waals surface area contributed by atoms with Gasteiger partial charge in [-0.25, -0.2) is 9.59 Å². The fraction of sp³-hybridized carbons (Fsp3) is 0.846. The van der Waals surface area contributed by atoms with Gasteiger partial charge in [-0.2, -0.15) is 0 Å². The molecule has 2 unspecified atom stereocenters. The summed E-state index contributed by atoms with van der Waals surface area (Å²) in [7, 11) is 0. The van der Waals surface area contributed by atoms with Crippen molar-refractivity contribution in [1.29, 1.82) is 0 Å². The molecular formula is C13H24N2O4. The van der Waals surface area contributed by atoms with Crippen molar-refractivity contribution >= 4 is 12.0 Å². The molecule has 0 aliphatic heterocycles. The summed E-state index contributed by atoms with van der Waals surface area (Å²) >= 11 is 0. The van der Waals surface area contributed by atoms with Crippen LogP contribution in [0.4, 0.5) is 4.79 Å². The lowest BCUT2D eigenvalue weighted by atomic mass is 9.85. The molecule has 1 saturated carbocycles. The zero-order chi connectivity index (χ0) is 14.3. The number of carbonyl (C=O) groups excluding carboxylic acids is 1. The first-order valence-electron chi connectivity index (χ1n) is 6.95. The second-order valence-corrected chi connectivity index (χ2v) is 5.21. The van der Waals surface area contributed by atoms with E-state index >= 15 is 0 Å². The average molecular weight is 272 g/mol. The number of hydrogen-bond donors (Lipinski definition) is 4. The summed E-state index contributed by atoms with van der Waals surface area (Å²) in [5.41, 5.74) is 0. The Balaban J connectivity index is 2.38. The molecule has 19 heavy (non-hydrogen) atoms. The van der Waals surface area contributed by atoms with Crippen molar-refractivity contribution in [2.24, 2.45) is 5.92 Å². The maximum Gasteiger partial charge on any atom is 0.326 e. The van der Waals surface area contributed by atoms with E-state index in [1.54, 1.807) is 0 Å². The van der Waals surface area contributed by atoms with E-state index in [4.69, 9.17) is 10.2 Å². The first-order chi connectivity index (χ1) is 9.04. The van der Waals surface area contributed by atoms with Crippen LogP contribution in [-0.2, 0) is 4.79 Å². The van der Waals surface area contributed by atoms with Gasteiger partial charge in [0.15, 0.2) is 0 Å². The summed E-state index contributed by atoms with van der Waals surface area (Å²) in [4.78, 5) is 22.6. The molecule has 0 spiro atoms. The Morgan fingerprint density at radius 1 is 1.21 bits per heavy atom. The lowest BCUT2D eigenvalue weighted by Crippen LogP contribution is -2.50. The fourth-order valence-corrected chi connectivity index (χ4v) is 2.55. The van der Waals surface area contributed by atoms with Crippen LogP contribution in [0.5, 0.6) is 0 Å². The Hall–Kier alpha value is -1.30. The zero-order valence-corrected chi connectivity index (χ0v) is 11.4. The third-order valence-corrected chi connectivity index (χ3v) is 3.74. The van der Waals surface area contributed by atoms with Crippen molar-refractivity contribution in [3.05, 3.63) is 0 Å². The number of aliphatic carboxylic acids is 1. The molecule has 1 rings (SSSR count). The van der Waals surface area contributed by atoms with Crippen LogP contribution in [0.25, 0.3) is 0 Å². The molecule has 6 nitrogen and oxygen atoms in total. The summed E-state index contributed by atoms with van der Waals surface area (Å²) in [6.45, 7) is 1.69. The number of amides is 2. The van der Waals surface area contributed by atoms with Gasteiger partial charge in [0.25, 0.3) is 0 Å². The highest BCUT2D eigenvalue weighted by Gasteiger charge is 2.24. The molecule has 2 atom stereocenters. The van der Waals surface area contributed by atoms with Gasteiger partial charge >= 0.3 is 12.0 Å². The zero-order valence-electron chi connectivity index (χ0n) is 11.4. The van der Waals surface area contributed by atoms with Crippen molar-refractivity contribution < 1.29 is 19.8 Å². The first kappa shape index (κ1) is 15.8. The van der Waals surface area contributed by atoms with E-state index in [1.165, 1.54) is 19.3 Å². The molecule has 0 radical (unpaired) electrons. The number of carboxylic acid groups (broad SMARTS) is 1. The summed E-state index contributed by atoms with van der Waals surface area (Å²) in [6.07, 6.45) is 5.88. The summed E-state index contributed by atoms with van der Waals surface area (Å²) in [6, 6.07) is -1.47. The molecule has 1 aliphatic carbocycles. The minimum Gasteiger partial charge on any atom is -0.480 e. The van der Waals surface area contributed by atoms with Crippen molar-refractivity contribution in [3.8, 4) is 0 Å². The Morgan fingerprint density at radius 3 is 2.37 bits per heavy atom. The molecule has 0 heterocycles. The molecular weight excluding hydrogens is 248 g/mol. The Morgan fingerprint density at radius 2 is 1.84 bits per heavy atom. The maximum atomic E-state index is 11.7. The molecule has 0 bridgehead atoms. The molecule has 0 aromatic carbocycles. The highest BCUT2D eigenvalue weighted by molar-refractivity contribution is 5.82. The number of hydrogen-bond acceptors (Lipinski definition) is 3. The third kappa shape index (κ3) is 5.46. The van der Waals surface area contributed by atoms with E-state index in [9.17, 15) is 9.59 Å². The largest absolute Gasteiger partial charge is 0.480 e. The van der Waals surface area contributed by atoms with E-state index in [1.807, 2.05) is 6.92 Å². The first-order valence-corrected chi connectivity index (χ1v) is 6.95. The normalized spacial score (nSPS) is 19.5. The monoisotopic (exact) mass is 272 g/mol. The predicted octanol–water partition coefficient (Wildman–Crippen LogP) is 1.09. The van der Waals surface area contributed by atoms with Crippen molar-refractivity contribution in [1.82, 2.24) is 10.6 Å². The van der Waals surface area contributed by atoms with Gasteiger partial charge in [0.1, 0.15) is 6.04 Å². The van der Waals surface area contributed by atoms with E-state index < -0.39 is 18.0 Å². The fourth-order valence-electron chi connectivity index (χ4n) is 2.55.